The predicted molar refractivity (Wildman–Crippen MR) is 133 cm³/mol. The first-order valence-electron chi connectivity index (χ1n) is 12.4. The molecule has 2 nitrogen and oxygen atoms in total. The van der Waals surface area contributed by atoms with Gasteiger partial charge in [0, 0.05) is 5.39 Å². The molecule has 0 amide bonds. The minimum atomic E-state index is -0.232. The number of fused-ring (bicyclic) bond motifs is 1. The second-order valence-electron chi connectivity index (χ2n) is 11.5. The van der Waals surface area contributed by atoms with E-state index in [0.717, 1.165) is 18.3 Å². The third kappa shape index (κ3) is 6.72. The Labute approximate surface area is 190 Å². The summed E-state index contributed by atoms with van der Waals surface area (Å²) in [6.45, 7) is 16.9. The molecule has 1 saturated carbocycles. The van der Waals surface area contributed by atoms with Gasteiger partial charge in [0.1, 0.15) is 5.75 Å². The third-order valence-electron chi connectivity index (χ3n) is 6.95. The van der Waals surface area contributed by atoms with Crippen LogP contribution < -0.4 is 4.74 Å². The molecule has 0 N–H and O–H groups in total. The summed E-state index contributed by atoms with van der Waals surface area (Å²) in [5.41, 5.74) is 1.74. The predicted octanol–water partition coefficient (Wildman–Crippen LogP) is 8.58. The van der Waals surface area contributed by atoms with Crippen molar-refractivity contribution in [1.82, 2.24) is 0 Å². The van der Waals surface area contributed by atoms with Gasteiger partial charge in [-0.05, 0) is 72.3 Å². The van der Waals surface area contributed by atoms with Crippen LogP contribution in [0, 0.1) is 23.2 Å². The van der Waals surface area contributed by atoms with Crippen LogP contribution in [0.15, 0.2) is 36.4 Å². The lowest BCUT2D eigenvalue weighted by atomic mass is 9.75. The van der Waals surface area contributed by atoms with Crippen molar-refractivity contribution in [2.24, 2.45) is 23.2 Å². The second kappa shape index (κ2) is 10.4. The van der Waals surface area contributed by atoms with Gasteiger partial charge in [-0.2, -0.15) is 0 Å². The third-order valence-corrected chi connectivity index (χ3v) is 6.95. The minimum Gasteiger partial charge on any atom is -0.465 e. The Morgan fingerprint density at radius 2 is 1.55 bits per heavy atom. The zero-order valence-electron chi connectivity index (χ0n) is 20.9. The van der Waals surface area contributed by atoms with Crippen LogP contribution in [0.2, 0.25) is 0 Å². The number of hydrogen-bond donors (Lipinski definition) is 0. The molecule has 1 aliphatic carbocycles. The molecule has 0 saturated heterocycles. The molecule has 3 rings (SSSR count). The van der Waals surface area contributed by atoms with E-state index < -0.39 is 0 Å². The van der Waals surface area contributed by atoms with Gasteiger partial charge in [0.15, 0.2) is 6.29 Å². The highest BCUT2D eigenvalue weighted by Gasteiger charge is 2.25. The summed E-state index contributed by atoms with van der Waals surface area (Å²) in [4.78, 5) is 0. The maximum absolute atomic E-state index is 6.31. The summed E-state index contributed by atoms with van der Waals surface area (Å²) >= 11 is 0. The normalized spacial score (nSPS) is 21.9. The SMILES string of the molecule is CC1CCC(COC(C)Oc2cccc3c(C(CC(C)(C)C)C(C)C)cccc23)CC1. The van der Waals surface area contributed by atoms with E-state index in [0.29, 0.717) is 23.2 Å². The summed E-state index contributed by atoms with van der Waals surface area (Å²) in [6.07, 6.45) is 6.19. The molecule has 0 radical (unpaired) electrons. The van der Waals surface area contributed by atoms with Crippen molar-refractivity contribution in [2.75, 3.05) is 6.61 Å². The molecule has 31 heavy (non-hydrogen) atoms. The van der Waals surface area contributed by atoms with Crippen molar-refractivity contribution in [2.45, 2.75) is 92.8 Å². The molecule has 0 aromatic heterocycles. The Morgan fingerprint density at radius 1 is 0.903 bits per heavy atom. The standard InChI is InChI=1S/C29H44O2/c1-20(2)27(18-29(5,6)7)25-10-8-12-26-24(25)11-9-13-28(26)31-22(4)30-19-23-16-14-21(3)15-17-23/h8-13,20-23,27H,14-19H2,1-7H3. The average Bonchev–Trinajstić information content (AvgIpc) is 2.71. The first-order valence-corrected chi connectivity index (χ1v) is 12.4. The Morgan fingerprint density at radius 3 is 2.19 bits per heavy atom. The number of benzene rings is 2. The van der Waals surface area contributed by atoms with Crippen molar-refractivity contribution < 1.29 is 9.47 Å². The fourth-order valence-electron chi connectivity index (χ4n) is 5.08. The molecule has 0 aliphatic heterocycles. The van der Waals surface area contributed by atoms with Gasteiger partial charge in [-0.1, -0.05) is 84.7 Å². The highest BCUT2D eigenvalue weighted by Crippen LogP contribution is 2.41. The fourth-order valence-corrected chi connectivity index (χ4v) is 5.08. The Bertz CT molecular complexity index is 824. The van der Waals surface area contributed by atoms with Crippen LogP contribution in [0.3, 0.4) is 0 Å². The number of hydrogen-bond acceptors (Lipinski definition) is 2. The van der Waals surface area contributed by atoms with Crippen molar-refractivity contribution in [3.63, 3.8) is 0 Å². The molecule has 2 aromatic carbocycles. The van der Waals surface area contributed by atoms with Crippen molar-refractivity contribution in [3.05, 3.63) is 42.0 Å². The van der Waals surface area contributed by atoms with Crippen LogP contribution in [-0.4, -0.2) is 12.9 Å². The van der Waals surface area contributed by atoms with Crippen LogP contribution in [-0.2, 0) is 4.74 Å². The largest absolute Gasteiger partial charge is 0.465 e. The first kappa shape index (κ1) is 24.1. The molecule has 1 aliphatic rings. The van der Waals surface area contributed by atoms with E-state index in [1.807, 2.05) is 6.92 Å². The van der Waals surface area contributed by atoms with E-state index in [9.17, 15) is 0 Å². The van der Waals surface area contributed by atoms with E-state index in [1.165, 1.54) is 48.4 Å². The van der Waals surface area contributed by atoms with Crippen molar-refractivity contribution in [3.8, 4) is 5.75 Å². The molecule has 2 heteroatoms. The molecule has 2 aromatic rings. The fraction of sp³-hybridized carbons (Fsp3) is 0.655. The van der Waals surface area contributed by atoms with E-state index in [2.05, 4.69) is 77.9 Å². The van der Waals surface area contributed by atoms with Crippen LogP contribution >= 0.6 is 0 Å². The van der Waals surface area contributed by atoms with E-state index in [4.69, 9.17) is 9.47 Å². The first-order chi connectivity index (χ1) is 14.6. The molecule has 172 valence electrons. The smallest absolute Gasteiger partial charge is 0.197 e. The summed E-state index contributed by atoms with van der Waals surface area (Å²) in [7, 11) is 0. The van der Waals surface area contributed by atoms with Gasteiger partial charge in [0.2, 0.25) is 0 Å². The van der Waals surface area contributed by atoms with Crippen LogP contribution in [0.1, 0.15) is 92.1 Å². The summed E-state index contributed by atoms with van der Waals surface area (Å²) in [5, 5.41) is 2.51. The molecule has 0 bridgehead atoms. The van der Waals surface area contributed by atoms with Crippen LogP contribution in [0.4, 0.5) is 0 Å². The molecule has 0 spiro atoms. The van der Waals surface area contributed by atoms with Gasteiger partial charge in [0.25, 0.3) is 0 Å². The average molecular weight is 425 g/mol. The minimum absolute atomic E-state index is 0.232. The zero-order chi connectivity index (χ0) is 22.6. The number of ether oxygens (including phenoxy) is 2. The molecular formula is C29H44O2. The van der Waals surface area contributed by atoms with E-state index in [1.54, 1.807) is 0 Å². The van der Waals surface area contributed by atoms with Gasteiger partial charge in [-0.3, -0.25) is 0 Å². The van der Waals surface area contributed by atoms with Gasteiger partial charge in [0.05, 0.1) is 6.61 Å². The van der Waals surface area contributed by atoms with Gasteiger partial charge >= 0.3 is 0 Å². The van der Waals surface area contributed by atoms with Crippen LogP contribution in [0.25, 0.3) is 10.8 Å². The van der Waals surface area contributed by atoms with E-state index in [-0.39, 0.29) is 6.29 Å². The van der Waals surface area contributed by atoms with E-state index >= 15 is 0 Å². The topological polar surface area (TPSA) is 18.5 Å². The monoisotopic (exact) mass is 424 g/mol. The highest BCUT2D eigenvalue weighted by atomic mass is 16.7. The zero-order valence-corrected chi connectivity index (χ0v) is 20.9. The lowest BCUT2D eigenvalue weighted by Crippen LogP contribution is -2.23. The Hall–Kier alpha value is -1.54. The molecule has 1 fully saturated rings. The summed E-state index contributed by atoms with van der Waals surface area (Å²) in [6, 6.07) is 13.2. The molecule has 0 heterocycles. The van der Waals surface area contributed by atoms with Crippen molar-refractivity contribution in [1.29, 1.82) is 0 Å². The molecule has 2 atom stereocenters. The van der Waals surface area contributed by atoms with Gasteiger partial charge in [-0.15, -0.1) is 0 Å². The second-order valence-corrected chi connectivity index (χ2v) is 11.5. The lowest BCUT2D eigenvalue weighted by Gasteiger charge is -2.30. The summed E-state index contributed by atoms with van der Waals surface area (Å²) in [5.74, 6) is 3.62. The Balaban J connectivity index is 1.75. The number of rotatable bonds is 8. The van der Waals surface area contributed by atoms with Crippen LogP contribution in [0.5, 0.6) is 5.75 Å². The highest BCUT2D eigenvalue weighted by molar-refractivity contribution is 5.91. The quantitative estimate of drug-likeness (QED) is 0.395. The van der Waals surface area contributed by atoms with Crippen molar-refractivity contribution >= 4 is 10.8 Å². The van der Waals surface area contributed by atoms with Gasteiger partial charge in [-0.25, -0.2) is 0 Å². The van der Waals surface area contributed by atoms with Gasteiger partial charge < -0.3 is 9.47 Å². The lowest BCUT2D eigenvalue weighted by molar-refractivity contribution is -0.0823. The maximum Gasteiger partial charge on any atom is 0.197 e. The Kier molecular flexibility index (Phi) is 8.08. The molecule has 2 unspecified atom stereocenters. The maximum atomic E-state index is 6.31. The summed E-state index contributed by atoms with van der Waals surface area (Å²) < 4.78 is 12.4. The molecular weight excluding hydrogens is 380 g/mol.